The van der Waals surface area contributed by atoms with Gasteiger partial charge in [-0.2, -0.15) is 5.10 Å². The van der Waals surface area contributed by atoms with Crippen LogP contribution in [0.4, 0.5) is 5.69 Å². The molecule has 0 aliphatic rings. The summed E-state index contributed by atoms with van der Waals surface area (Å²) in [5, 5.41) is 15.0. The minimum absolute atomic E-state index is 0.0411. The molecule has 0 amide bonds. The van der Waals surface area contributed by atoms with Crippen molar-refractivity contribution in [1.29, 1.82) is 0 Å². The quantitative estimate of drug-likeness (QED) is 0.639. The first-order valence-electron chi connectivity index (χ1n) is 5.56. The summed E-state index contributed by atoms with van der Waals surface area (Å²) < 4.78 is 7.97. The molecular formula is C12H12BrN3O3. The molecule has 1 aromatic carbocycles. The van der Waals surface area contributed by atoms with Gasteiger partial charge in [0.2, 0.25) is 0 Å². The van der Waals surface area contributed by atoms with Gasteiger partial charge in [-0.15, -0.1) is 0 Å². The molecule has 1 aromatic heterocycles. The lowest BCUT2D eigenvalue weighted by atomic mass is 10.3. The molecule has 7 heteroatoms. The molecule has 0 radical (unpaired) electrons. The van der Waals surface area contributed by atoms with Crippen LogP contribution in [0.25, 0.3) is 0 Å². The SMILES string of the molecule is Cc1nn(COc2ccc(Br)cc2)c(C)c1[N+](=O)[O-]. The van der Waals surface area contributed by atoms with Crippen LogP contribution in [0.3, 0.4) is 0 Å². The summed E-state index contributed by atoms with van der Waals surface area (Å²) in [6.45, 7) is 3.41. The fraction of sp³-hybridized carbons (Fsp3) is 0.250. The first-order chi connectivity index (χ1) is 8.99. The lowest BCUT2D eigenvalue weighted by Crippen LogP contribution is -2.08. The van der Waals surface area contributed by atoms with Crippen LogP contribution >= 0.6 is 15.9 Å². The smallest absolute Gasteiger partial charge is 0.312 e. The van der Waals surface area contributed by atoms with Crippen molar-refractivity contribution in [3.63, 3.8) is 0 Å². The Balaban J connectivity index is 2.14. The molecule has 0 aliphatic heterocycles. The normalized spacial score (nSPS) is 10.5. The van der Waals surface area contributed by atoms with E-state index in [0.29, 0.717) is 17.1 Å². The molecule has 0 spiro atoms. The first-order valence-corrected chi connectivity index (χ1v) is 6.35. The summed E-state index contributed by atoms with van der Waals surface area (Å²) in [6, 6.07) is 7.34. The number of aryl methyl sites for hydroxylation is 1. The minimum Gasteiger partial charge on any atom is -0.471 e. The molecule has 0 unspecified atom stereocenters. The second-order valence-electron chi connectivity index (χ2n) is 4.00. The van der Waals surface area contributed by atoms with Gasteiger partial charge in [-0.05, 0) is 38.1 Å². The van der Waals surface area contributed by atoms with Crippen LogP contribution in [-0.4, -0.2) is 14.7 Å². The predicted octanol–water partition coefficient (Wildman–Crippen LogP) is 3.21. The number of nitrogens with zero attached hydrogens (tertiary/aromatic N) is 3. The molecule has 100 valence electrons. The topological polar surface area (TPSA) is 70.2 Å². The standard InChI is InChI=1S/C12H12BrN3O3/c1-8-12(16(17)18)9(2)15(14-8)7-19-11-5-3-10(13)4-6-11/h3-6H,7H2,1-2H3. The Morgan fingerprint density at radius 1 is 1.37 bits per heavy atom. The van der Waals surface area contributed by atoms with E-state index < -0.39 is 4.92 Å². The van der Waals surface area contributed by atoms with E-state index in [1.165, 1.54) is 4.68 Å². The number of halogens is 1. The van der Waals surface area contributed by atoms with E-state index in [2.05, 4.69) is 21.0 Å². The molecule has 0 saturated carbocycles. The maximum absolute atomic E-state index is 10.9. The molecule has 0 bridgehead atoms. The molecule has 1 heterocycles. The minimum atomic E-state index is -0.423. The predicted molar refractivity (Wildman–Crippen MR) is 73.1 cm³/mol. The number of benzene rings is 1. The van der Waals surface area contributed by atoms with Gasteiger partial charge in [-0.3, -0.25) is 10.1 Å². The van der Waals surface area contributed by atoms with Crippen LogP contribution in [0.15, 0.2) is 28.7 Å². The Kier molecular flexibility index (Phi) is 3.84. The molecule has 0 aliphatic carbocycles. The molecular weight excluding hydrogens is 314 g/mol. The average molecular weight is 326 g/mol. The summed E-state index contributed by atoms with van der Waals surface area (Å²) in [5.74, 6) is 0.679. The fourth-order valence-corrected chi connectivity index (χ4v) is 2.01. The third-order valence-corrected chi connectivity index (χ3v) is 3.22. The van der Waals surface area contributed by atoms with E-state index in [9.17, 15) is 10.1 Å². The molecule has 0 fully saturated rings. The van der Waals surface area contributed by atoms with E-state index in [0.717, 1.165) is 4.47 Å². The van der Waals surface area contributed by atoms with E-state index in [1.807, 2.05) is 24.3 Å². The molecule has 0 atom stereocenters. The third-order valence-electron chi connectivity index (χ3n) is 2.69. The maximum atomic E-state index is 10.9. The highest BCUT2D eigenvalue weighted by molar-refractivity contribution is 9.10. The average Bonchev–Trinajstić information content (AvgIpc) is 2.63. The number of ether oxygens (including phenoxy) is 1. The van der Waals surface area contributed by atoms with E-state index in [-0.39, 0.29) is 12.4 Å². The van der Waals surface area contributed by atoms with Gasteiger partial charge < -0.3 is 4.74 Å². The summed E-state index contributed by atoms with van der Waals surface area (Å²) in [4.78, 5) is 10.5. The highest BCUT2D eigenvalue weighted by Crippen LogP contribution is 2.22. The van der Waals surface area contributed by atoms with Crippen LogP contribution in [0.2, 0.25) is 0 Å². The van der Waals surface area contributed by atoms with Gasteiger partial charge in [0, 0.05) is 4.47 Å². The number of hydrogen-bond acceptors (Lipinski definition) is 4. The fourth-order valence-electron chi connectivity index (χ4n) is 1.74. The van der Waals surface area contributed by atoms with Crippen molar-refractivity contribution >= 4 is 21.6 Å². The first kappa shape index (κ1) is 13.5. The van der Waals surface area contributed by atoms with Crippen LogP contribution < -0.4 is 4.74 Å². The third kappa shape index (κ3) is 2.93. The van der Waals surface area contributed by atoms with Gasteiger partial charge >= 0.3 is 5.69 Å². The molecule has 19 heavy (non-hydrogen) atoms. The van der Waals surface area contributed by atoms with Crippen LogP contribution in [0.5, 0.6) is 5.75 Å². The van der Waals surface area contributed by atoms with Crippen molar-refractivity contribution in [2.45, 2.75) is 20.6 Å². The van der Waals surface area contributed by atoms with E-state index >= 15 is 0 Å². The highest BCUT2D eigenvalue weighted by atomic mass is 79.9. The van der Waals surface area contributed by atoms with Gasteiger partial charge in [0.1, 0.15) is 17.1 Å². The van der Waals surface area contributed by atoms with Crippen molar-refractivity contribution in [3.05, 3.63) is 50.2 Å². The van der Waals surface area contributed by atoms with E-state index in [1.54, 1.807) is 13.8 Å². The molecule has 0 N–H and O–H groups in total. The Bertz CT molecular complexity index is 607. The Morgan fingerprint density at radius 3 is 2.53 bits per heavy atom. The number of rotatable bonds is 4. The van der Waals surface area contributed by atoms with Gasteiger partial charge in [0.15, 0.2) is 6.73 Å². The van der Waals surface area contributed by atoms with Gasteiger partial charge in [-0.25, -0.2) is 4.68 Å². The molecule has 2 aromatic rings. The highest BCUT2D eigenvalue weighted by Gasteiger charge is 2.21. The Labute approximate surface area is 118 Å². The number of aromatic nitrogens is 2. The van der Waals surface area contributed by atoms with E-state index in [4.69, 9.17) is 4.74 Å². The second kappa shape index (κ2) is 5.40. The second-order valence-corrected chi connectivity index (χ2v) is 4.92. The monoisotopic (exact) mass is 325 g/mol. The van der Waals surface area contributed by atoms with Crippen molar-refractivity contribution < 1.29 is 9.66 Å². The number of hydrogen-bond donors (Lipinski definition) is 0. The summed E-state index contributed by atoms with van der Waals surface area (Å²) in [5.41, 5.74) is 0.918. The van der Waals surface area contributed by atoms with Gasteiger partial charge in [-0.1, -0.05) is 15.9 Å². The largest absolute Gasteiger partial charge is 0.471 e. The maximum Gasteiger partial charge on any atom is 0.312 e. The summed E-state index contributed by atoms with van der Waals surface area (Å²) >= 11 is 3.33. The lowest BCUT2D eigenvalue weighted by Gasteiger charge is -2.07. The van der Waals surface area contributed by atoms with Gasteiger partial charge in [0.05, 0.1) is 4.92 Å². The molecule has 0 saturated heterocycles. The van der Waals surface area contributed by atoms with Crippen LogP contribution in [0.1, 0.15) is 11.4 Å². The summed E-state index contributed by atoms with van der Waals surface area (Å²) in [7, 11) is 0. The summed E-state index contributed by atoms with van der Waals surface area (Å²) in [6.07, 6.45) is 0. The van der Waals surface area contributed by atoms with Crippen molar-refractivity contribution in [2.24, 2.45) is 0 Å². The molecule has 6 nitrogen and oxygen atoms in total. The zero-order valence-corrected chi connectivity index (χ0v) is 12.0. The lowest BCUT2D eigenvalue weighted by molar-refractivity contribution is -0.386. The van der Waals surface area contributed by atoms with Crippen molar-refractivity contribution in [3.8, 4) is 5.75 Å². The van der Waals surface area contributed by atoms with Crippen molar-refractivity contribution in [1.82, 2.24) is 9.78 Å². The number of nitro groups is 1. The van der Waals surface area contributed by atoms with Gasteiger partial charge in [0.25, 0.3) is 0 Å². The zero-order valence-electron chi connectivity index (χ0n) is 10.5. The molecule has 2 rings (SSSR count). The Morgan fingerprint density at radius 2 is 2.00 bits per heavy atom. The van der Waals surface area contributed by atoms with Crippen LogP contribution in [0, 0.1) is 24.0 Å². The Hall–Kier alpha value is -1.89. The van der Waals surface area contributed by atoms with Crippen molar-refractivity contribution in [2.75, 3.05) is 0 Å². The van der Waals surface area contributed by atoms with Crippen LogP contribution in [-0.2, 0) is 6.73 Å². The zero-order chi connectivity index (χ0) is 14.0.